The van der Waals surface area contributed by atoms with Gasteiger partial charge in [-0.25, -0.2) is 10.5 Å². The van der Waals surface area contributed by atoms with Crippen molar-refractivity contribution in [3.8, 4) is 11.9 Å². The molecule has 0 amide bonds. The largest absolute Gasteiger partial charge is 0.481 e. The lowest BCUT2D eigenvalue weighted by molar-refractivity contribution is 0.190. The Morgan fingerprint density at radius 1 is 1.41 bits per heavy atom. The highest BCUT2D eigenvalue weighted by molar-refractivity contribution is 5.89. The third-order valence-electron chi connectivity index (χ3n) is 6.29. The minimum atomic E-state index is -0.0579. The van der Waals surface area contributed by atoms with Gasteiger partial charge in [0.05, 0.1) is 19.0 Å². The van der Waals surface area contributed by atoms with Crippen LogP contribution in [0.5, 0.6) is 5.88 Å². The van der Waals surface area contributed by atoms with Crippen molar-refractivity contribution in [1.29, 1.82) is 16.2 Å². The van der Waals surface area contributed by atoms with E-state index in [0.29, 0.717) is 22.7 Å². The summed E-state index contributed by atoms with van der Waals surface area (Å²) in [5.74, 6) is 0.602. The predicted octanol–water partition coefficient (Wildman–Crippen LogP) is 3.25. The molecule has 0 aliphatic carbocycles. The Bertz CT molecular complexity index is 1310. The molecule has 0 spiro atoms. The average Bonchev–Trinajstić information content (AvgIpc) is 3.37. The number of dihydropyridines is 1. The second kappa shape index (κ2) is 11.9. The molecule has 37 heavy (non-hydrogen) atoms. The van der Waals surface area contributed by atoms with Crippen molar-refractivity contribution in [3.63, 3.8) is 0 Å². The number of methoxy groups -OCH3 is 1. The summed E-state index contributed by atoms with van der Waals surface area (Å²) in [5, 5.41) is 31.8. The van der Waals surface area contributed by atoms with Gasteiger partial charge in [-0.3, -0.25) is 9.58 Å². The summed E-state index contributed by atoms with van der Waals surface area (Å²) in [6.07, 6.45) is 14.2. The fourth-order valence-electron chi connectivity index (χ4n) is 4.42. The molecule has 0 radical (unpaired) electrons. The standard InChI is InChI=1S/C26H30N10O/c1-35-16-21(14-33-35)19-8-23(26(32-12-19)24(10-28)34-29)20(9-27)13-30-22-4-3-7-36(17-22)15-18-5-6-25(37-2)31-11-18/h5-6,8-9,11-14,16,22,27,29-30,32H,3-4,7,15,17H2,1-2H3/b20-13+,26-24-,27-9?,34-29?/t22-/m1/s1. The summed E-state index contributed by atoms with van der Waals surface area (Å²) < 4.78 is 6.86. The summed E-state index contributed by atoms with van der Waals surface area (Å²) in [6.45, 7) is 2.65. The van der Waals surface area contributed by atoms with Crippen molar-refractivity contribution in [3.05, 3.63) is 82.9 Å². The third kappa shape index (κ3) is 6.17. The molecule has 11 nitrogen and oxygen atoms in total. The number of ether oxygens (including phenoxy) is 1. The molecule has 0 unspecified atom stereocenters. The molecule has 0 bridgehead atoms. The lowest BCUT2D eigenvalue weighted by Gasteiger charge is -2.33. The van der Waals surface area contributed by atoms with Crippen LogP contribution in [0.4, 0.5) is 0 Å². The summed E-state index contributed by atoms with van der Waals surface area (Å²) in [7, 11) is 3.45. The van der Waals surface area contributed by atoms with Gasteiger partial charge in [-0.2, -0.15) is 10.4 Å². The molecule has 1 fully saturated rings. The Morgan fingerprint density at radius 2 is 2.27 bits per heavy atom. The zero-order valence-corrected chi connectivity index (χ0v) is 20.9. The van der Waals surface area contributed by atoms with E-state index in [-0.39, 0.29) is 11.7 Å². The van der Waals surface area contributed by atoms with E-state index in [0.717, 1.165) is 49.2 Å². The summed E-state index contributed by atoms with van der Waals surface area (Å²) in [4.78, 5) is 6.68. The van der Waals surface area contributed by atoms with Crippen LogP contribution in [-0.2, 0) is 13.6 Å². The fourth-order valence-corrected chi connectivity index (χ4v) is 4.42. The zero-order valence-electron chi connectivity index (χ0n) is 20.9. The Labute approximate surface area is 215 Å². The van der Waals surface area contributed by atoms with Gasteiger partial charge in [-0.15, -0.1) is 5.11 Å². The highest BCUT2D eigenvalue weighted by Crippen LogP contribution is 2.29. The number of likely N-dealkylation sites (tertiary alicyclic amines) is 1. The topological polar surface area (TPSA) is 151 Å². The summed E-state index contributed by atoms with van der Waals surface area (Å²) >= 11 is 0. The van der Waals surface area contributed by atoms with Gasteiger partial charge in [0, 0.05) is 85.5 Å². The van der Waals surface area contributed by atoms with Crippen molar-refractivity contribution in [2.24, 2.45) is 12.2 Å². The Kier molecular flexibility index (Phi) is 8.22. The number of hydrogen-bond acceptors (Lipinski definition) is 10. The number of rotatable bonds is 9. The molecule has 190 valence electrons. The second-order valence-electron chi connectivity index (χ2n) is 8.85. The van der Waals surface area contributed by atoms with Gasteiger partial charge in [0.15, 0.2) is 5.70 Å². The first-order chi connectivity index (χ1) is 18.0. The predicted molar refractivity (Wildman–Crippen MR) is 139 cm³/mol. The first kappa shape index (κ1) is 25.5. The highest BCUT2D eigenvalue weighted by Gasteiger charge is 2.22. The Balaban J connectivity index is 1.53. The first-order valence-electron chi connectivity index (χ1n) is 11.9. The SMILES string of the molecule is COc1ccc(CN2CCC[C@@H](N/C=C(\C=N)C3=CC(c4cnn(C)c4)=CN/C3=C(/C#N)N=N)C2)cn1. The van der Waals surface area contributed by atoms with Gasteiger partial charge in [0.1, 0.15) is 6.07 Å². The maximum atomic E-state index is 9.52. The minimum Gasteiger partial charge on any atom is -0.481 e. The van der Waals surface area contributed by atoms with Crippen LogP contribution in [-0.4, -0.2) is 52.1 Å². The average molecular weight is 499 g/mol. The van der Waals surface area contributed by atoms with Gasteiger partial charge < -0.3 is 20.8 Å². The number of aryl methyl sites for hydroxylation is 1. The number of aromatic nitrogens is 3. The van der Waals surface area contributed by atoms with Gasteiger partial charge in [-0.1, -0.05) is 6.07 Å². The summed E-state index contributed by atoms with van der Waals surface area (Å²) in [5.41, 5.74) is 11.8. The van der Waals surface area contributed by atoms with Crippen LogP contribution in [0.2, 0.25) is 0 Å². The van der Waals surface area contributed by atoms with Crippen molar-refractivity contribution >= 4 is 11.8 Å². The van der Waals surface area contributed by atoms with Crippen molar-refractivity contribution in [2.45, 2.75) is 25.4 Å². The summed E-state index contributed by atoms with van der Waals surface area (Å²) in [6, 6.07) is 6.07. The van der Waals surface area contributed by atoms with Crippen molar-refractivity contribution < 1.29 is 4.74 Å². The highest BCUT2D eigenvalue weighted by atomic mass is 16.5. The maximum Gasteiger partial charge on any atom is 0.212 e. The molecule has 2 aliphatic rings. The number of piperidine rings is 1. The first-order valence-corrected chi connectivity index (χ1v) is 11.9. The third-order valence-corrected chi connectivity index (χ3v) is 6.29. The molecule has 2 aromatic heterocycles. The lowest BCUT2D eigenvalue weighted by Crippen LogP contribution is -2.43. The Hall–Kier alpha value is -4.56. The number of allylic oxidation sites excluding steroid dienone is 4. The van der Waals surface area contributed by atoms with Crippen LogP contribution in [0.1, 0.15) is 24.0 Å². The molecule has 1 atom stereocenters. The minimum absolute atomic E-state index is 0.0579. The molecule has 0 saturated carbocycles. The number of nitrogens with one attached hydrogen (secondary N) is 4. The quantitative estimate of drug-likeness (QED) is 0.235. The molecule has 4 heterocycles. The molecule has 1 saturated heterocycles. The number of nitriles is 1. The second-order valence-corrected chi connectivity index (χ2v) is 8.85. The van der Waals surface area contributed by atoms with Crippen LogP contribution < -0.4 is 15.4 Å². The number of hydrogen-bond donors (Lipinski definition) is 4. The fraction of sp³-hybridized carbons (Fsp3) is 0.308. The monoisotopic (exact) mass is 498 g/mol. The van der Waals surface area contributed by atoms with E-state index in [1.165, 1.54) is 6.21 Å². The molecule has 11 heteroatoms. The molecule has 2 aliphatic heterocycles. The van der Waals surface area contributed by atoms with Gasteiger partial charge in [0.25, 0.3) is 0 Å². The molecule has 4 rings (SSSR count). The van der Waals surface area contributed by atoms with E-state index in [9.17, 15) is 5.26 Å². The Morgan fingerprint density at radius 3 is 2.92 bits per heavy atom. The van der Waals surface area contributed by atoms with Crippen LogP contribution in [0.25, 0.3) is 5.57 Å². The van der Waals surface area contributed by atoms with E-state index in [1.807, 2.05) is 49.9 Å². The molecule has 4 N–H and O–H groups in total. The van der Waals surface area contributed by atoms with Crippen molar-refractivity contribution in [1.82, 2.24) is 30.3 Å². The molecular formula is C26H30N10O. The van der Waals surface area contributed by atoms with Crippen molar-refractivity contribution in [2.75, 3.05) is 20.2 Å². The molecular weight excluding hydrogens is 468 g/mol. The number of pyridine rings is 1. The smallest absolute Gasteiger partial charge is 0.212 e. The molecule has 0 aromatic carbocycles. The number of nitrogens with zero attached hydrogens (tertiary/aromatic N) is 6. The van der Waals surface area contributed by atoms with E-state index in [1.54, 1.807) is 24.2 Å². The van der Waals surface area contributed by atoms with Crippen LogP contribution >= 0.6 is 0 Å². The van der Waals surface area contributed by atoms with E-state index in [4.69, 9.17) is 15.7 Å². The van der Waals surface area contributed by atoms with Crippen LogP contribution in [0.15, 0.2) is 76.9 Å². The van der Waals surface area contributed by atoms with E-state index >= 15 is 0 Å². The van der Waals surface area contributed by atoms with Gasteiger partial charge in [-0.05, 0) is 31.0 Å². The normalized spacial score (nSPS) is 19.6. The zero-order chi connectivity index (χ0) is 26.2. The van der Waals surface area contributed by atoms with Crippen LogP contribution in [0, 0.1) is 22.3 Å². The van der Waals surface area contributed by atoms with Crippen LogP contribution in [0.3, 0.4) is 0 Å². The molecule has 2 aromatic rings. The lowest BCUT2D eigenvalue weighted by atomic mass is 9.95. The van der Waals surface area contributed by atoms with Gasteiger partial charge >= 0.3 is 0 Å². The maximum absolute atomic E-state index is 9.52. The van der Waals surface area contributed by atoms with E-state index in [2.05, 4.69) is 30.7 Å². The van der Waals surface area contributed by atoms with E-state index < -0.39 is 0 Å². The van der Waals surface area contributed by atoms with Gasteiger partial charge in [0.2, 0.25) is 5.88 Å².